The van der Waals surface area contributed by atoms with Crippen molar-refractivity contribution in [3.63, 3.8) is 0 Å². The predicted octanol–water partition coefficient (Wildman–Crippen LogP) is 6.69. The number of nitrogens with zero attached hydrogens (tertiary/aromatic N) is 3. The van der Waals surface area contributed by atoms with Crippen LogP contribution >= 0.6 is 11.6 Å². The van der Waals surface area contributed by atoms with Gasteiger partial charge in [-0.25, -0.2) is 4.39 Å². The first-order valence-corrected chi connectivity index (χ1v) is 12.9. The van der Waals surface area contributed by atoms with Crippen molar-refractivity contribution >= 4 is 24.2 Å². The summed E-state index contributed by atoms with van der Waals surface area (Å²) >= 11 is 6.18. The number of aldehydes is 1. The van der Waals surface area contributed by atoms with Crippen LogP contribution in [0.4, 0.5) is 4.39 Å². The standard InChI is InChI=1S/C31H36ClFN4O/c1-22-15-27(33)7-8-28(22)30-17-25(19-36(4)12-13-37(5)21-34)16-26(20-38)29(30)10-11-35(3)18-24-6-9-31(32)23(2)14-24/h6-9,12-17,20-21,34H,10-11,18-19H2,1-5H3/b13-12-,34-21?. The Morgan fingerprint density at radius 1 is 0.895 bits per heavy atom. The molecule has 0 aliphatic carbocycles. The molecule has 1 N–H and O–H groups in total. The Hall–Kier alpha value is -3.48. The number of hydrogen-bond donors (Lipinski definition) is 1. The van der Waals surface area contributed by atoms with Crippen LogP contribution in [0.5, 0.6) is 0 Å². The van der Waals surface area contributed by atoms with Crippen molar-refractivity contribution < 1.29 is 9.18 Å². The third kappa shape index (κ3) is 7.76. The maximum absolute atomic E-state index is 13.9. The van der Waals surface area contributed by atoms with Gasteiger partial charge in [-0.05, 0) is 96.6 Å². The van der Waals surface area contributed by atoms with Crippen LogP contribution in [0, 0.1) is 25.1 Å². The lowest BCUT2D eigenvalue weighted by Gasteiger charge is -2.22. The zero-order valence-corrected chi connectivity index (χ0v) is 23.5. The zero-order chi connectivity index (χ0) is 27.8. The van der Waals surface area contributed by atoms with Gasteiger partial charge in [-0.2, -0.15) is 0 Å². The minimum Gasteiger partial charge on any atom is -0.375 e. The van der Waals surface area contributed by atoms with E-state index in [4.69, 9.17) is 17.0 Å². The van der Waals surface area contributed by atoms with E-state index in [-0.39, 0.29) is 5.82 Å². The monoisotopic (exact) mass is 534 g/mol. The van der Waals surface area contributed by atoms with E-state index < -0.39 is 0 Å². The van der Waals surface area contributed by atoms with Gasteiger partial charge in [0.2, 0.25) is 0 Å². The van der Waals surface area contributed by atoms with Gasteiger partial charge in [-0.3, -0.25) is 10.2 Å². The SMILES string of the molecule is Cc1cc(CN(C)CCc2c(C=O)cc(CN(C)/C=C\N(C)C=N)cc2-c2ccc(F)cc2C)ccc1Cl. The molecule has 0 fully saturated rings. The van der Waals surface area contributed by atoms with Crippen molar-refractivity contribution in [3.8, 4) is 11.1 Å². The maximum Gasteiger partial charge on any atom is 0.150 e. The number of aryl methyl sites for hydroxylation is 2. The molecule has 0 aliphatic heterocycles. The first kappa shape index (κ1) is 29.1. The second-order valence-electron chi connectivity index (χ2n) is 9.87. The molecule has 0 spiro atoms. The Morgan fingerprint density at radius 2 is 1.66 bits per heavy atom. The fraction of sp³-hybridized carbons (Fsp3) is 0.290. The van der Waals surface area contributed by atoms with Gasteiger partial charge in [-0.15, -0.1) is 0 Å². The van der Waals surface area contributed by atoms with Gasteiger partial charge in [0.1, 0.15) is 12.1 Å². The number of hydrogen-bond acceptors (Lipinski definition) is 4. The van der Waals surface area contributed by atoms with Crippen molar-refractivity contribution in [2.45, 2.75) is 33.4 Å². The molecule has 3 aromatic rings. The van der Waals surface area contributed by atoms with Crippen LogP contribution in [-0.2, 0) is 19.5 Å². The predicted molar refractivity (Wildman–Crippen MR) is 155 cm³/mol. The number of benzene rings is 3. The van der Waals surface area contributed by atoms with Gasteiger partial charge < -0.3 is 14.7 Å². The molecule has 0 bridgehead atoms. The third-order valence-electron chi connectivity index (χ3n) is 6.56. The second kappa shape index (κ2) is 13.4. The van der Waals surface area contributed by atoms with Gasteiger partial charge >= 0.3 is 0 Å². The minimum absolute atomic E-state index is 0.280. The van der Waals surface area contributed by atoms with Crippen molar-refractivity contribution in [1.82, 2.24) is 14.7 Å². The molecular formula is C31H36ClFN4O. The zero-order valence-electron chi connectivity index (χ0n) is 22.8. The van der Waals surface area contributed by atoms with Crippen molar-refractivity contribution in [2.75, 3.05) is 27.7 Å². The van der Waals surface area contributed by atoms with Crippen LogP contribution in [0.3, 0.4) is 0 Å². The van der Waals surface area contributed by atoms with E-state index in [0.717, 1.165) is 57.8 Å². The summed E-state index contributed by atoms with van der Waals surface area (Å²) in [5.74, 6) is -0.280. The molecular weight excluding hydrogens is 499 g/mol. The molecule has 0 saturated carbocycles. The average molecular weight is 535 g/mol. The molecule has 0 heterocycles. The normalized spacial score (nSPS) is 11.3. The Bertz CT molecular complexity index is 1320. The van der Waals surface area contributed by atoms with Gasteiger partial charge in [-0.1, -0.05) is 29.8 Å². The molecule has 3 rings (SSSR count). The summed E-state index contributed by atoms with van der Waals surface area (Å²) in [4.78, 5) is 18.2. The third-order valence-corrected chi connectivity index (χ3v) is 6.98. The number of nitrogens with one attached hydrogen (secondary N) is 1. The van der Waals surface area contributed by atoms with Crippen molar-refractivity contribution in [2.24, 2.45) is 0 Å². The smallest absolute Gasteiger partial charge is 0.150 e. The second-order valence-corrected chi connectivity index (χ2v) is 10.3. The summed E-state index contributed by atoms with van der Waals surface area (Å²) in [5, 5.41) is 8.07. The lowest BCUT2D eigenvalue weighted by atomic mass is 9.89. The van der Waals surface area contributed by atoms with E-state index in [0.29, 0.717) is 18.5 Å². The first-order valence-electron chi connectivity index (χ1n) is 12.5. The fourth-order valence-electron chi connectivity index (χ4n) is 4.50. The lowest BCUT2D eigenvalue weighted by molar-refractivity contribution is 0.112. The van der Waals surface area contributed by atoms with Gasteiger partial charge in [0.25, 0.3) is 0 Å². The maximum atomic E-state index is 13.9. The van der Waals surface area contributed by atoms with E-state index in [1.807, 2.05) is 50.2 Å². The summed E-state index contributed by atoms with van der Waals surface area (Å²) in [6, 6.07) is 14.9. The molecule has 5 nitrogen and oxygen atoms in total. The van der Waals surface area contributed by atoms with Crippen molar-refractivity contribution in [1.29, 1.82) is 5.41 Å². The van der Waals surface area contributed by atoms with Crippen LogP contribution in [0.25, 0.3) is 11.1 Å². The van der Waals surface area contributed by atoms with Crippen LogP contribution < -0.4 is 0 Å². The van der Waals surface area contributed by atoms with Crippen molar-refractivity contribution in [3.05, 3.63) is 105 Å². The Balaban J connectivity index is 1.93. The van der Waals surface area contributed by atoms with E-state index in [2.05, 4.69) is 24.1 Å². The molecule has 0 saturated heterocycles. The molecule has 0 amide bonds. The van der Waals surface area contributed by atoms with Gasteiger partial charge in [0.05, 0.1) is 6.34 Å². The molecule has 3 aromatic carbocycles. The highest BCUT2D eigenvalue weighted by Crippen LogP contribution is 2.32. The first-order chi connectivity index (χ1) is 18.1. The summed E-state index contributed by atoms with van der Waals surface area (Å²) in [6.07, 6.45) is 6.50. The highest BCUT2D eigenvalue weighted by atomic mass is 35.5. The highest BCUT2D eigenvalue weighted by molar-refractivity contribution is 6.31. The molecule has 0 aliphatic rings. The number of likely N-dealkylation sites (N-methyl/N-ethyl adjacent to an activating group) is 1. The quantitative estimate of drug-likeness (QED) is 0.160. The molecule has 200 valence electrons. The summed E-state index contributed by atoms with van der Waals surface area (Å²) in [5.41, 5.74) is 7.51. The Labute approximate surface area is 230 Å². The molecule has 0 unspecified atom stereocenters. The largest absolute Gasteiger partial charge is 0.375 e. The fourth-order valence-corrected chi connectivity index (χ4v) is 4.62. The molecule has 0 radical (unpaired) electrons. The average Bonchev–Trinajstić information content (AvgIpc) is 2.88. The van der Waals surface area contributed by atoms with Crippen LogP contribution in [0.15, 0.2) is 60.9 Å². The Kier molecular flexibility index (Phi) is 10.2. The number of rotatable bonds is 12. The van der Waals surface area contributed by atoms with E-state index in [9.17, 15) is 9.18 Å². The lowest BCUT2D eigenvalue weighted by Crippen LogP contribution is -2.21. The molecule has 0 atom stereocenters. The molecule has 38 heavy (non-hydrogen) atoms. The molecule has 7 heteroatoms. The van der Waals surface area contributed by atoms with Crippen LogP contribution in [0.1, 0.15) is 38.2 Å². The van der Waals surface area contributed by atoms with Crippen LogP contribution in [0.2, 0.25) is 5.02 Å². The highest BCUT2D eigenvalue weighted by Gasteiger charge is 2.16. The number of halogens is 2. The minimum atomic E-state index is -0.280. The van der Waals surface area contributed by atoms with Crippen LogP contribution in [-0.4, -0.2) is 55.0 Å². The molecule has 0 aromatic heterocycles. The van der Waals surface area contributed by atoms with E-state index in [1.54, 1.807) is 24.2 Å². The summed E-state index contributed by atoms with van der Waals surface area (Å²) in [6.45, 7) is 5.98. The van der Waals surface area contributed by atoms with Gasteiger partial charge in [0, 0.05) is 56.7 Å². The number of carbonyl (C=O) groups excluding carboxylic acids is 1. The topological polar surface area (TPSA) is 50.6 Å². The Morgan fingerprint density at radius 3 is 2.32 bits per heavy atom. The van der Waals surface area contributed by atoms with E-state index in [1.165, 1.54) is 24.0 Å². The van der Waals surface area contributed by atoms with Gasteiger partial charge in [0.15, 0.2) is 0 Å². The van der Waals surface area contributed by atoms with E-state index >= 15 is 0 Å². The summed E-state index contributed by atoms with van der Waals surface area (Å²) in [7, 11) is 5.80. The summed E-state index contributed by atoms with van der Waals surface area (Å²) < 4.78 is 13.9. The number of carbonyl (C=O) groups is 1.